The maximum atomic E-state index is 12.1. The Bertz CT molecular complexity index is 551. The maximum absolute atomic E-state index is 12.1. The number of ether oxygens (including phenoxy) is 1. The third-order valence-corrected chi connectivity index (χ3v) is 5.08. The smallest absolute Gasteiger partial charge is 0.322 e. The first-order chi connectivity index (χ1) is 9.49. The van der Waals surface area contributed by atoms with Crippen LogP contribution < -0.4 is 4.72 Å². The first kappa shape index (κ1) is 15.0. The molecule has 2 atom stereocenters. The number of hydrogen-bond acceptors (Lipinski definition) is 4. The standard InChI is InChI=1S/C13H17NO5S/c15-13(16)12(8-10-4-2-1-3-5-10)14-20(17,18)11-6-7-19-9-11/h1-5,11-12,14H,6-9H2,(H,15,16)/t11?,12-/m0/s1. The quantitative estimate of drug-likeness (QED) is 0.792. The average Bonchev–Trinajstić information content (AvgIpc) is 2.93. The predicted octanol–water partition coefficient (Wildman–Crippen LogP) is 0.391. The maximum Gasteiger partial charge on any atom is 0.322 e. The molecule has 0 aliphatic carbocycles. The van der Waals surface area contributed by atoms with Crippen LogP contribution in [-0.2, 0) is 26.0 Å². The van der Waals surface area contributed by atoms with E-state index in [1.54, 1.807) is 24.3 Å². The van der Waals surface area contributed by atoms with Gasteiger partial charge in [-0.15, -0.1) is 0 Å². The van der Waals surface area contributed by atoms with Crippen LogP contribution in [0.1, 0.15) is 12.0 Å². The Kier molecular flexibility index (Phi) is 4.74. The monoisotopic (exact) mass is 299 g/mol. The number of sulfonamides is 1. The molecule has 1 aliphatic rings. The van der Waals surface area contributed by atoms with Gasteiger partial charge in [0.1, 0.15) is 11.3 Å². The molecule has 1 saturated heterocycles. The van der Waals surface area contributed by atoms with Crippen LogP contribution in [0.25, 0.3) is 0 Å². The van der Waals surface area contributed by atoms with Gasteiger partial charge in [0.05, 0.1) is 6.61 Å². The van der Waals surface area contributed by atoms with Crippen molar-refractivity contribution in [1.82, 2.24) is 4.72 Å². The number of benzene rings is 1. The number of aliphatic carboxylic acids is 1. The number of carboxylic acids is 1. The average molecular weight is 299 g/mol. The van der Waals surface area contributed by atoms with Crippen molar-refractivity contribution in [2.45, 2.75) is 24.1 Å². The minimum Gasteiger partial charge on any atom is -0.480 e. The summed E-state index contributed by atoms with van der Waals surface area (Å²) in [6.07, 6.45) is 0.510. The van der Waals surface area contributed by atoms with Crippen LogP contribution in [0.3, 0.4) is 0 Å². The molecule has 0 amide bonds. The van der Waals surface area contributed by atoms with E-state index >= 15 is 0 Å². The van der Waals surface area contributed by atoms with Crippen molar-refractivity contribution in [3.05, 3.63) is 35.9 Å². The molecule has 1 aromatic rings. The van der Waals surface area contributed by atoms with Gasteiger partial charge in [0, 0.05) is 6.61 Å². The summed E-state index contributed by atoms with van der Waals surface area (Å²) in [5.41, 5.74) is 0.769. The third-order valence-electron chi connectivity index (χ3n) is 3.21. The molecular formula is C13H17NO5S. The first-order valence-electron chi connectivity index (χ1n) is 6.34. The van der Waals surface area contributed by atoms with E-state index in [9.17, 15) is 18.3 Å². The highest BCUT2D eigenvalue weighted by atomic mass is 32.2. The molecule has 1 fully saturated rings. The van der Waals surface area contributed by atoms with Crippen LogP contribution in [-0.4, -0.2) is 44.0 Å². The summed E-state index contributed by atoms with van der Waals surface area (Å²) in [4.78, 5) is 11.2. The lowest BCUT2D eigenvalue weighted by Crippen LogP contribution is -2.46. The second kappa shape index (κ2) is 6.34. The van der Waals surface area contributed by atoms with Crippen LogP contribution in [0.4, 0.5) is 0 Å². The van der Waals surface area contributed by atoms with E-state index in [2.05, 4.69) is 4.72 Å². The Morgan fingerprint density at radius 1 is 1.40 bits per heavy atom. The zero-order valence-electron chi connectivity index (χ0n) is 10.9. The minimum atomic E-state index is -3.68. The zero-order chi connectivity index (χ0) is 14.6. The van der Waals surface area contributed by atoms with Crippen LogP contribution in [0, 0.1) is 0 Å². The van der Waals surface area contributed by atoms with Crippen molar-refractivity contribution in [3.8, 4) is 0 Å². The molecule has 0 radical (unpaired) electrons. The molecule has 1 aliphatic heterocycles. The Labute approximate surface area is 117 Å². The minimum absolute atomic E-state index is 0.114. The van der Waals surface area contributed by atoms with Crippen molar-refractivity contribution >= 4 is 16.0 Å². The number of carbonyl (C=O) groups is 1. The molecule has 1 unspecified atom stereocenters. The number of carboxylic acid groups (broad SMARTS) is 1. The highest BCUT2D eigenvalue weighted by Crippen LogP contribution is 2.14. The Balaban J connectivity index is 2.08. The molecule has 7 heteroatoms. The molecule has 110 valence electrons. The zero-order valence-corrected chi connectivity index (χ0v) is 11.7. The number of rotatable bonds is 6. The van der Waals surface area contributed by atoms with E-state index in [1.165, 1.54) is 0 Å². The van der Waals surface area contributed by atoms with E-state index in [4.69, 9.17) is 4.74 Å². The van der Waals surface area contributed by atoms with Gasteiger partial charge in [-0.1, -0.05) is 30.3 Å². The topological polar surface area (TPSA) is 92.7 Å². The molecule has 20 heavy (non-hydrogen) atoms. The highest BCUT2D eigenvalue weighted by molar-refractivity contribution is 7.90. The van der Waals surface area contributed by atoms with E-state index in [0.717, 1.165) is 5.56 Å². The summed E-state index contributed by atoms with van der Waals surface area (Å²) in [6, 6.07) is 7.76. The molecule has 6 nitrogen and oxygen atoms in total. The van der Waals surface area contributed by atoms with Crippen molar-refractivity contribution in [2.75, 3.05) is 13.2 Å². The van der Waals surface area contributed by atoms with Crippen LogP contribution >= 0.6 is 0 Å². The normalized spacial score (nSPS) is 20.7. The SMILES string of the molecule is O=C(O)[C@H](Cc1ccccc1)NS(=O)(=O)C1CCOC1. The van der Waals surface area contributed by atoms with Crippen LogP contribution in [0.2, 0.25) is 0 Å². The van der Waals surface area contributed by atoms with Crippen molar-refractivity contribution in [3.63, 3.8) is 0 Å². The van der Waals surface area contributed by atoms with Gasteiger partial charge in [0.15, 0.2) is 0 Å². The fourth-order valence-corrected chi connectivity index (χ4v) is 3.54. The largest absolute Gasteiger partial charge is 0.480 e. The van der Waals surface area contributed by atoms with Crippen molar-refractivity contribution < 1.29 is 23.1 Å². The fraction of sp³-hybridized carbons (Fsp3) is 0.462. The van der Waals surface area contributed by atoms with Gasteiger partial charge in [-0.2, -0.15) is 0 Å². The van der Waals surface area contributed by atoms with Gasteiger partial charge < -0.3 is 9.84 Å². The van der Waals surface area contributed by atoms with E-state index in [-0.39, 0.29) is 13.0 Å². The van der Waals surface area contributed by atoms with Gasteiger partial charge in [0.25, 0.3) is 0 Å². The molecule has 0 aromatic heterocycles. The first-order valence-corrected chi connectivity index (χ1v) is 7.89. The van der Waals surface area contributed by atoms with E-state index < -0.39 is 27.3 Å². The van der Waals surface area contributed by atoms with Gasteiger partial charge in [-0.25, -0.2) is 13.1 Å². The third kappa shape index (κ3) is 3.78. The lowest BCUT2D eigenvalue weighted by molar-refractivity contribution is -0.138. The fourth-order valence-electron chi connectivity index (χ4n) is 2.08. The summed E-state index contributed by atoms with van der Waals surface area (Å²) >= 11 is 0. The summed E-state index contributed by atoms with van der Waals surface area (Å²) < 4.78 is 31.5. The van der Waals surface area contributed by atoms with Gasteiger partial charge in [0.2, 0.25) is 10.0 Å². The Hall–Kier alpha value is -1.44. The summed E-state index contributed by atoms with van der Waals surface area (Å²) in [5.74, 6) is -1.18. The molecule has 2 rings (SSSR count). The molecular weight excluding hydrogens is 282 g/mol. The second-order valence-corrected chi connectivity index (χ2v) is 6.72. The Morgan fingerprint density at radius 2 is 2.10 bits per heavy atom. The van der Waals surface area contributed by atoms with Gasteiger partial charge in [-0.3, -0.25) is 4.79 Å². The molecule has 1 aromatic carbocycles. The highest BCUT2D eigenvalue weighted by Gasteiger charge is 2.33. The van der Waals surface area contributed by atoms with Crippen molar-refractivity contribution in [1.29, 1.82) is 0 Å². The lowest BCUT2D eigenvalue weighted by atomic mass is 10.1. The molecule has 0 spiro atoms. The second-order valence-electron chi connectivity index (χ2n) is 4.73. The predicted molar refractivity (Wildman–Crippen MR) is 72.8 cm³/mol. The number of nitrogens with one attached hydrogen (secondary N) is 1. The molecule has 1 heterocycles. The van der Waals surface area contributed by atoms with Gasteiger partial charge >= 0.3 is 5.97 Å². The number of hydrogen-bond donors (Lipinski definition) is 2. The van der Waals surface area contributed by atoms with Crippen LogP contribution in [0.15, 0.2) is 30.3 Å². The van der Waals surface area contributed by atoms with E-state index in [0.29, 0.717) is 13.0 Å². The van der Waals surface area contributed by atoms with Crippen molar-refractivity contribution in [2.24, 2.45) is 0 Å². The summed E-state index contributed by atoms with van der Waals surface area (Å²) in [7, 11) is -3.68. The van der Waals surface area contributed by atoms with E-state index in [1.807, 2.05) is 6.07 Å². The lowest BCUT2D eigenvalue weighted by Gasteiger charge is -2.17. The van der Waals surface area contributed by atoms with Crippen LogP contribution in [0.5, 0.6) is 0 Å². The summed E-state index contributed by atoms with van der Waals surface area (Å²) in [5, 5.41) is 8.52. The molecule has 0 saturated carbocycles. The summed E-state index contributed by atoms with van der Waals surface area (Å²) in [6.45, 7) is 0.509. The Morgan fingerprint density at radius 3 is 2.65 bits per heavy atom. The molecule has 2 N–H and O–H groups in total. The van der Waals surface area contributed by atoms with Gasteiger partial charge in [-0.05, 0) is 18.4 Å². The molecule has 0 bridgehead atoms.